The third-order valence-electron chi connectivity index (χ3n) is 5.71. The number of rotatable bonds is 4. The fourth-order valence-corrected chi connectivity index (χ4v) is 4.58. The lowest BCUT2D eigenvalue weighted by Gasteiger charge is -2.41. The zero-order valence-corrected chi connectivity index (χ0v) is 16.8. The number of halogens is 1. The maximum absolute atomic E-state index is 10.2. The van der Waals surface area contributed by atoms with Gasteiger partial charge < -0.3 is 14.4 Å². The number of hydrogen-bond acceptors (Lipinski definition) is 4. The molecule has 0 radical (unpaired) electrons. The van der Waals surface area contributed by atoms with Gasteiger partial charge in [-0.15, -0.1) is 0 Å². The summed E-state index contributed by atoms with van der Waals surface area (Å²) in [6, 6.07) is 7.88. The highest BCUT2D eigenvalue weighted by Crippen LogP contribution is 2.56. The molecule has 27 heavy (non-hydrogen) atoms. The van der Waals surface area contributed by atoms with E-state index in [0.717, 1.165) is 40.1 Å². The number of aliphatic hydroxyl groups excluding tert-OH is 1. The Bertz CT molecular complexity index is 1010. The molecule has 5 nitrogen and oxygen atoms in total. The van der Waals surface area contributed by atoms with E-state index in [0.29, 0.717) is 5.15 Å². The highest BCUT2D eigenvalue weighted by atomic mass is 35.5. The zero-order chi connectivity index (χ0) is 19.3. The first kappa shape index (κ1) is 18.4. The molecular formula is C21H24ClN3O2. The molecule has 4 rings (SSSR count). The molecule has 0 fully saturated rings. The summed E-state index contributed by atoms with van der Waals surface area (Å²) >= 11 is 6.27. The SMILES string of the molecule is CCn1c2c(c3nc(Cl)ccc31)C(C(C)(C)CO)[C@H](OC)c1ncccc1-2. The van der Waals surface area contributed by atoms with Crippen molar-refractivity contribution < 1.29 is 9.84 Å². The highest BCUT2D eigenvalue weighted by molar-refractivity contribution is 6.29. The van der Waals surface area contributed by atoms with Crippen LogP contribution in [0.25, 0.3) is 22.3 Å². The molecule has 0 aliphatic heterocycles. The second kappa shape index (κ2) is 6.59. The number of aryl methyl sites for hydroxylation is 1. The largest absolute Gasteiger partial charge is 0.396 e. The fourth-order valence-electron chi connectivity index (χ4n) is 4.44. The molecule has 0 aromatic carbocycles. The van der Waals surface area contributed by atoms with Crippen molar-refractivity contribution in [1.82, 2.24) is 14.5 Å². The smallest absolute Gasteiger partial charge is 0.129 e. The lowest BCUT2D eigenvalue weighted by molar-refractivity contribution is 0.00944. The highest BCUT2D eigenvalue weighted by Gasteiger charge is 2.46. The maximum atomic E-state index is 10.2. The van der Waals surface area contributed by atoms with Gasteiger partial charge in [-0.1, -0.05) is 25.4 Å². The summed E-state index contributed by atoms with van der Waals surface area (Å²) in [6.07, 6.45) is 1.53. The molecule has 0 spiro atoms. The fraction of sp³-hybridized carbons (Fsp3) is 0.429. The van der Waals surface area contributed by atoms with Crippen molar-refractivity contribution in [3.8, 4) is 11.3 Å². The lowest BCUT2D eigenvalue weighted by atomic mass is 9.67. The van der Waals surface area contributed by atoms with Gasteiger partial charge in [0.05, 0.1) is 22.4 Å². The van der Waals surface area contributed by atoms with Gasteiger partial charge in [0.15, 0.2) is 0 Å². The molecule has 1 aliphatic rings. The monoisotopic (exact) mass is 385 g/mol. The van der Waals surface area contributed by atoms with Crippen LogP contribution in [0, 0.1) is 5.41 Å². The first-order valence-electron chi connectivity index (χ1n) is 9.22. The minimum absolute atomic E-state index is 0.0263. The molecule has 3 aromatic rings. The van der Waals surface area contributed by atoms with Crippen molar-refractivity contribution in [2.75, 3.05) is 13.7 Å². The number of pyridine rings is 2. The molecular weight excluding hydrogens is 362 g/mol. The quantitative estimate of drug-likeness (QED) is 0.668. The number of hydrogen-bond donors (Lipinski definition) is 1. The standard InChI is InChI=1S/C21H24ClN3O2/c1-5-25-13-8-9-14(22)24-18(13)15-16(21(2,3)11-26)20(27-4)17-12(19(15)25)7-6-10-23-17/h6-10,16,20,26H,5,11H2,1-4H3/t16?,20-/m0/s1. The minimum atomic E-state index is -0.429. The van der Waals surface area contributed by atoms with Crippen LogP contribution < -0.4 is 0 Å². The lowest BCUT2D eigenvalue weighted by Crippen LogP contribution is -2.34. The van der Waals surface area contributed by atoms with Gasteiger partial charge in [-0.2, -0.15) is 0 Å². The molecule has 1 unspecified atom stereocenters. The molecule has 0 amide bonds. The summed E-state index contributed by atoms with van der Waals surface area (Å²) in [7, 11) is 1.70. The van der Waals surface area contributed by atoms with E-state index in [-0.39, 0.29) is 18.6 Å². The van der Waals surface area contributed by atoms with E-state index >= 15 is 0 Å². The molecule has 1 N–H and O–H groups in total. The predicted molar refractivity (Wildman–Crippen MR) is 107 cm³/mol. The molecule has 6 heteroatoms. The van der Waals surface area contributed by atoms with Crippen LogP contribution in [-0.2, 0) is 11.3 Å². The Morgan fingerprint density at radius 1 is 1.30 bits per heavy atom. The number of fused-ring (bicyclic) bond motifs is 5. The molecule has 2 atom stereocenters. The maximum Gasteiger partial charge on any atom is 0.129 e. The van der Waals surface area contributed by atoms with Crippen molar-refractivity contribution >= 4 is 22.6 Å². The number of methoxy groups -OCH3 is 1. The third-order valence-corrected chi connectivity index (χ3v) is 5.92. The van der Waals surface area contributed by atoms with E-state index in [1.807, 2.05) is 18.2 Å². The van der Waals surface area contributed by atoms with Gasteiger partial charge in [0, 0.05) is 43.5 Å². The Morgan fingerprint density at radius 3 is 2.74 bits per heavy atom. The average Bonchev–Trinajstić information content (AvgIpc) is 3.00. The summed E-state index contributed by atoms with van der Waals surface area (Å²) in [5, 5.41) is 10.7. The van der Waals surface area contributed by atoms with Gasteiger partial charge in [-0.3, -0.25) is 4.98 Å². The molecule has 3 aromatic heterocycles. The summed E-state index contributed by atoms with van der Waals surface area (Å²) in [4.78, 5) is 9.35. The van der Waals surface area contributed by atoms with Crippen LogP contribution in [0.15, 0.2) is 30.5 Å². The van der Waals surface area contributed by atoms with E-state index < -0.39 is 5.41 Å². The molecule has 142 valence electrons. The van der Waals surface area contributed by atoms with Crippen LogP contribution in [0.4, 0.5) is 0 Å². The number of nitrogens with zero attached hydrogens (tertiary/aromatic N) is 3. The average molecular weight is 386 g/mol. The Morgan fingerprint density at radius 2 is 2.07 bits per heavy atom. The van der Waals surface area contributed by atoms with Gasteiger partial charge in [0.1, 0.15) is 11.3 Å². The Kier molecular flexibility index (Phi) is 4.49. The summed E-state index contributed by atoms with van der Waals surface area (Å²) in [5.74, 6) is -0.105. The first-order chi connectivity index (χ1) is 12.9. The molecule has 1 aliphatic carbocycles. The first-order valence-corrected chi connectivity index (χ1v) is 9.60. The molecule has 0 saturated carbocycles. The molecule has 0 saturated heterocycles. The van der Waals surface area contributed by atoms with Gasteiger partial charge in [0.2, 0.25) is 0 Å². The van der Waals surface area contributed by atoms with Crippen LogP contribution in [0.2, 0.25) is 5.15 Å². The van der Waals surface area contributed by atoms with Gasteiger partial charge in [0.25, 0.3) is 0 Å². The normalized spacial score (nSPS) is 19.2. The van der Waals surface area contributed by atoms with E-state index in [4.69, 9.17) is 16.3 Å². The van der Waals surface area contributed by atoms with Crippen molar-refractivity contribution in [2.45, 2.75) is 39.3 Å². The van der Waals surface area contributed by atoms with Crippen molar-refractivity contribution in [2.24, 2.45) is 5.41 Å². The van der Waals surface area contributed by atoms with E-state index in [9.17, 15) is 5.11 Å². The van der Waals surface area contributed by atoms with E-state index in [1.165, 1.54) is 0 Å². The van der Waals surface area contributed by atoms with Crippen molar-refractivity contribution in [1.29, 1.82) is 0 Å². The Balaban J connectivity index is 2.18. The van der Waals surface area contributed by atoms with Gasteiger partial charge in [-0.25, -0.2) is 4.98 Å². The van der Waals surface area contributed by atoms with Gasteiger partial charge >= 0.3 is 0 Å². The van der Waals surface area contributed by atoms with Gasteiger partial charge in [-0.05, 0) is 36.6 Å². The van der Waals surface area contributed by atoms with Crippen molar-refractivity contribution in [3.63, 3.8) is 0 Å². The van der Waals surface area contributed by atoms with Crippen LogP contribution >= 0.6 is 11.6 Å². The summed E-state index contributed by atoms with van der Waals surface area (Å²) in [6.45, 7) is 7.06. The summed E-state index contributed by atoms with van der Waals surface area (Å²) in [5.41, 5.74) is 5.63. The second-order valence-electron chi connectivity index (χ2n) is 7.73. The predicted octanol–water partition coefficient (Wildman–Crippen LogP) is 4.57. The zero-order valence-electron chi connectivity index (χ0n) is 16.0. The minimum Gasteiger partial charge on any atom is -0.396 e. The Hall–Kier alpha value is -1.95. The van der Waals surface area contributed by atoms with Crippen LogP contribution in [-0.4, -0.2) is 33.4 Å². The second-order valence-corrected chi connectivity index (χ2v) is 8.11. The van der Waals surface area contributed by atoms with Crippen LogP contribution in [0.1, 0.15) is 44.1 Å². The van der Waals surface area contributed by atoms with E-state index in [2.05, 4.69) is 41.4 Å². The number of aliphatic hydroxyl groups is 1. The van der Waals surface area contributed by atoms with Crippen molar-refractivity contribution in [3.05, 3.63) is 46.9 Å². The molecule has 0 bridgehead atoms. The Labute approximate surface area is 164 Å². The van der Waals surface area contributed by atoms with Crippen LogP contribution in [0.3, 0.4) is 0 Å². The van der Waals surface area contributed by atoms with E-state index in [1.54, 1.807) is 13.3 Å². The summed E-state index contributed by atoms with van der Waals surface area (Å²) < 4.78 is 8.22. The van der Waals surface area contributed by atoms with Crippen LogP contribution in [0.5, 0.6) is 0 Å². The number of aromatic nitrogens is 3. The number of ether oxygens (including phenoxy) is 1. The topological polar surface area (TPSA) is 60.2 Å². The molecule has 3 heterocycles. The third kappa shape index (κ3) is 2.60.